The molecule has 0 bridgehead atoms. The van der Waals surface area contributed by atoms with Gasteiger partial charge in [0.15, 0.2) is 0 Å². The number of hydrogen-bond donors (Lipinski definition) is 2. The zero-order valence-corrected chi connectivity index (χ0v) is 13.1. The van der Waals surface area contributed by atoms with Gasteiger partial charge in [0.1, 0.15) is 12.6 Å². The Hall–Kier alpha value is -2.57. The van der Waals surface area contributed by atoms with E-state index in [-0.39, 0.29) is 18.5 Å². The molecule has 1 aliphatic rings. The van der Waals surface area contributed by atoms with Crippen LogP contribution in [-0.4, -0.2) is 55.6 Å². The molecule has 1 unspecified atom stereocenters. The molecular formula is C16H21N3O4. The highest BCUT2D eigenvalue weighted by atomic mass is 16.5. The standard InChI is InChI=1S/C16H21N3O4/c1-23-14(20)11-18-15(21)13(19-10-9-17-16(19)22)8-7-12-5-3-2-4-6-12/h2-6,13H,7-11H2,1H3,(H,17,22)(H,18,21). The SMILES string of the molecule is COC(=O)CNC(=O)C(CCc1ccccc1)N1CCNC1=O. The fraction of sp³-hybridized carbons (Fsp3) is 0.438. The van der Waals surface area contributed by atoms with E-state index in [0.717, 1.165) is 5.56 Å². The van der Waals surface area contributed by atoms with Crippen molar-refractivity contribution < 1.29 is 19.1 Å². The van der Waals surface area contributed by atoms with Gasteiger partial charge in [0.25, 0.3) is 0 Å². The lowest BCUT2D eigenvalue weighted by Gasteiger charge is -2.25. The molecule has 1 fully saturated rings. The largest absolute Gasteiger partial charge is 0.468 e. The molecule has 23 heavy (non-hydrogen) atoms. The number of carbonyl (C=O) groups excluding carboxylic acids is 3. The van der Waals surface area contributed by atoms with Gasteiger partial charge in [0.2, 0.25) is 5.91 Å². The summed E-state index contributed by atoms with van der Waals surface area (Å²) >= 11 is 0. The predicted molar refractivity (Wildman–Crippen MR) is 83.7 cm³/mol. The average Bonchev–Trinajstić information content (AvgIpc) is 2.99. The number of nitrogens with one attached hydrogen (secondary N) is 2. The van der Waals surface area contributed by atoms with Gasteiger partial charge in [-0.15, -0.1) is 0 Å². The summed E-state index contributed by atoms with van der Waals surface area (Å²) < 4.78 is 4.51. The van der Waals surface area contributed by atoms with E-state index in [4.69, 9.17) is 0 Å². The summed E-state index contributed by atoms with van der Waals surface area (Å²) in [7, 11) is 1.26. The van der Waals surface area contributed by atoms with E-state index in [2.05, 4.69) is 15.4 Å². The van der Waals surface area contributed by atoms with E-state index < -0.39 is 12.0 Å². The number of esters is 1. The van der Waals surface area contributed by atoms with Crippen LogP contribution in [0.15, 0.2) is 30.3 Å². The number of hydrogen-bond acceptors (Lipinski definition) is 4. The highest BCUT2D eigenvalue weighted by molar-refractivity contribution is 5.89. The van der Waals surface area contributed by atoms with Crippen molar-refractivity contribution in [2.45, 2.75) is 18.9 Å². The first-order valence-electron chi connectivity index (χ1n) is 7.54. The monoisotopic (exact) mass is 319 g/mol. The minimum absolute atomic E-state index is 0.202. The first-order chi connectivity index (χ1) is 11.1. The molecular weight excluding hydrogens is 298 g/mol. The van der Waals surface area contributed by atoms with E-state index in [1.807, 2.05) is 30.3 Å². The van der Waals surface area contributed by atoms with Gasteiger partial charge in [-0.3, -0.25) is 9.59 Å². The van der Waals surface area contributed by atoms with Crippen molar-refractivity contribution in [1.82, 2.24) is 15.5 Å². The Morgan fingerprint density at radius 3 is 2.70 bits per heavy atom. The van der Waals surface area contributed by atoms with Crippen molar-refractivity contribution in [2.75, 3.05) is 26.7 Å². The molecule has 2 rings (SSSR count). The molecule has 1 aliphatic heterocycles. The van der Waals surface area contributed by atoms with Crippen molar-refractivity contribution in [3.8, 4) is 0 Å². The minimum atomic E-state index is -0.609. The van der Waals surface area contributed by atoms with E-state index in [1.54, 1.807) is 0 Å². The molecule has 3 amide bonds. The lowest BCUT2D eigenvalue weighted by Crippen LogP contribution is -2.49. The molecule has 0 spiro atoms. The Labute approximate surface area is 135 Å². The molecule has 7 nitrogen and oxygen atoms in total. The van der Waals surface area contributed by atoms with Gasteiger partial charge < -0.3 is 20.3 Å². The van der Waals surface area contributed by atoms with E-state index in [9.17, 15) is 14.4 Å². The number of ether oxygens (including phenoxy) is 1. The first kappa shape index (κ1) is 16.8. The van der Waals surface area contributed by atoms with Crippen LogP contribution in [0.1, 0.15) is 12.0 Å². The molecule has 7 heteroatoms. The molecule has 0 aromatic heterocycles. The van der Waals surface area contributed by atoms with Gasteiger partial charge in [-0.25, -0.2) is 4.79 Å². The van der Waals surface area contributed by atoms with Crippen molar-refractivity contribution in [3.05, 3.63) is 35.9 Å². The summed E-state index contributed by atoms with van der Waals surface area (Å²) in [5.74, 6) is -0.866. The Bertz CT molecular complexity index is 562. The number of urea groups is 1. The van der Waals surface area contributed by atoms with Crippen LogP contribution in [0.25, 0.3) is 0 Å². The fourth-order valence-corrected chi connectivity index (χ4v) is 2.51. The van der Waals surface area contributed by atoms with Crippen molar-refractivity contribution in [1.29, 1.82) is 0 Å². The molecule has 0 radical (unpaired) electrons. The van der Waals surface area contributed by atoms with Gasteiger partial charge in [-0.05, 0) is 18.4 Å². The van der Waals surface area contributed by atoms with Gasteiger partial charge >= 0.3 is 12.0 Å². The highest BCUT2D eigenvalue weighted by Crippen LogP contribution is 2.13. The summed E-state index contributed by atoms with van der Waals surface area (Å²) in [6, 6.07) is 8.89. The lowest BCUT2D eigenvalue weighted by atomic mass is 10.0. The Morgan fingerprint density at radius 2 is 2.09 bits per heavy atom. The Morgan fingerprint density at radius 1 is 1.35 bits per heavy atom. The Balaban J connectivity index is 2.00. The third-order valence-corrected chi connectivity index (χ3v) is 3.75. The molecule has 1 aromatic carbocycles. The van der Waals surface area contributed by atoms with Crippen molar-refractivity contribution in [2.24, 2.45) is 0 Å². The Kier molecular flexibility index (Phi) is 5.96. The zero-order chi connectivity index (χ0) is 16.7. The van der Waals surface area contributed by atoms with Gasteiger partial charge in [0, 0.05) is 13.1 Å². The van der Waals surface area contributed by atoms with E-state index in [1.165, 1.54) is 12.0 Å². The molecule has 1 atom stereocenters. The van der Waals surface area contributed by atoms with Crippen LogP contribution in [0, 0.1) is 0 Å². The van der Waals surface area contributed by atoms with Crippen molar-refractivity contribution >= 4 is 17.9 Å². The minimum Gasteiger partial charge on any atom is -0.468 e. The number of carbonyl (C=O) groups is 3. The number of aryl methyl sites for hydroxylation is 1. The van der Waals surface area contributed by atoms with Crippen molar-refractivity contribution in [3.63, 3.8) is 0 Å². The maximum atomic E-state index is 12.4. The van der Waals surface area contributed by atoms with E-state index >= 15 is 0 Å². The molecule has 2 N–H and O–H groups in total. The summed E-state index contributed by atoms with van der Waals surface area (Å²) in [5.41, 5.74) is 1.10. The highest BCUT2D eigenvalue weighted by Gasteiger charge is 2.32. The predicted octanol–water partition coefficient (Wildman–Crippen LogP) is 0.302. The number of benzene rings is 1. The number of methoxy groups -OCH3 is 1. The van der Waals surface area contributed by atoms with Gasteiger partial charge in [-0.2, -0.15) is 0 Å². The van der Waals surface area contributed by atoms with Crippen LogP contribution in [0.4, 0.5) is 4.79 Å². The van der Waals surface area contributed by atoms with Crippen LogP contribution in [0.2, 0.25) is 0 Å². The summed E-state index contributed by atoms with van der Waals surface area (Å²) in [6.45, 7) is 0.793. The van der Waals surface area contributed by atoms with Crippen LogP contribution in [0.5, 0.6) is 0 Å². The lowest BCUT2D eigenvalue weighted by molar-refractivity contribution is -0.141. The maximum Gasteiger partial charge on any atom is 0.325 e. The second-order valence-electron chi connectivity index (χ2n) is 5.26. The fourth-order valence-electron chi connectivity index (χ4n) is 2.51. The van der Waals surface area contributed by atoms with Crippen LogP contribution < -0.4 is 10.6 Å². The second kappa shape index (κ2) is 8.17. The maximum absolute atomic E-state index is 12.4. The third-order valence-electron chi connectivity index (χ3n) is 3.75. The molecule has 0 saturated carbocycles. The first-order valence-corrected chi connectivity index (χ1v) is 7.54. The van der Waals surface area contributed by atoms with Crippen LogP contribution in [0.3, 0.4) is 0 Å². The number of rotatable bonds is 7. The number of nitrogens with zero attached hydrogens (tertiary/aromatic N) is 1. The molecule has 1 heterocycles. The van der Waals surface area contributed by atoms with Gasteiger partial charge in [0.05, 0.1) is 7.11 Å². The molecule has 0 aliphatic carbocycles. The number of amides is 3. The smallest absolute Gasteiger partial charge is 0.325 e. The average molecular weight is 319 g/mol. The second-order valence-corrected chi connectivity index (χ2v) is 5.26. The molecule has 1 aromatic rings. The molecule has 124 valence electrons. The van der Waals surface area contributed by atoms with E-state index in [0.29, 0.717) is 25.9 Å². The third kappa shape index (κ3) is 4.70. The quantitative estimate of drug-likeness (QED) is 0.708. The van der Waals surface area contributed by atoms with Crippen LogP contribution in [-0.2, 0) is 20.7 Å². The molecule has 1 saturated heterocycles. The summed E-state index contributed by atoms with van der Waals surface area (Å²) in [4.78, 5) is 36.9. The zero-order valence-electron chi connectivity index (χ0n) is 13.1. The van der Waals surface area contributed by atoms with Gasteiger partial charge in [-0.1, -0.05) is 30.3 Å². The van der Waals surface area contributed by atoms with Crippen LogP contribution >= 0.6 is 0 Å². The summed E-state index contributed by atoms with van der Waals surface area (Å²) in [6.07, 6.45) is 1.16. The normalized spacial score (nSPS) is 15.0. The topological polar surface area (TPSA) is 87.7 Å². The summed E-state index contributed by atoms with van der Waals surface area (Å²) in [5, 5.41) is 5.23.